The van der Waals surface area contributed by atoms with Gasteiger partial charge in [0.1, 0.15) is 5.00 Å². The molecule has 0 aromatic carbocycles. The molecule has 1 heterocycles. The zero-order valence-electron chi connectivity index (χ0n) is 9.28. The summed E-state index contributed by atoms with van der Waals surface area (Å²) in [6.45, 7) is 6.39. The minimum atomic E-state index is -0.0651. The first-order chi connectivity index (χ1) is 7.10. The van der Waals surface area contributed by atoms with Crippen molar-refractivity contribution >= 4 is 22.7 Å². The highest BCUT2D eigenvalue weighted by molar-refractivity contribution is 7.13. The highest BCUT2D eigenvalue weighted by Gasteiger charge is 2.19. The van der Waals surface area contributed by atoms with Crippen molar-refractivity contribution in [3.05, 3.63) is 15.4 Å². The Hall–Kier alpha value is -1.10. The number of nitrogens with two attached hydrogens (primary N) is 1. The highest BCUT2D eigenvalue weighted by atomic mass is 32.1. The molecule has 5 heteroatoms. The van der Waals surface area contributed by atoms with E-state index in [1.54, 1.807) is 0 Å². The minimum Gasteiger partial charge on any atom is -0.390 e. The predicted octanol–water partition coefficient (Wildman–Crippen LogP) is 2.20. The van der Waals surface area contributed by atoms with Crippen molar-refractivity contribution in [2.24, 2.45) is 16.6 Å². The van der Waals surface area contributed by atoms with E-state index in [-0.39, 0.29) is 4.87 Å². The summed E-state index contributed by atoms with van der Waals surface area (Å²) >= 11 is 1.11. The molecule has 0 aliphatic carbocycles. The molecule has 0 aliphatic heterocycles. The van der Waals surface area contributed by atoms with Gasteiger partial charge in [0.2, 0.25) is 0 Å². The Kier molecular flexibility index (Phi) is 4.08. The van der Waals surface area contributed by atoms with Crippen molar-refractivity contribution in [2.75, 3.05) is 0 Å². The van der Waals surface area contributed by atoms with Gasteiger partial charge in [-0.1, -0.05) is 32.1 Å². The molecule has 0 amide bonds. The van der Waals surface area contributed by atoms with Crippen molar-refractivity contribution in [2.45, 2.75) is 33.1 Å². The topological polar surface area (TPSA) is 71.2 Å². The van der Waals surface area contributed by atoms with E-state index in [0.717, 1.165) is 23.5 Å². The third-order valence-electron chi connectivity index (χ3n) is 2.46. The van der Waals surface area contributed by atoms with Gasteiger partial charge in [-0.2, -0.15) is 0 Å². The van der Waals surface area contributed by atoms with Crippen LogP contribution in [0.3, 0.4) is 0 Å². The van der Waals surface area contributed by atoms with Crippen LogP contribution in [0.5, 0.6) is 0 Å². The van der Waals surface area contributed by atoms with E-state index in [1.807, 2.05) is 0 Å². The summed E-state index contributed by atoms with van der Waals surface area (Å²) in [6.07, 6.45) is 2.22. The summed E-state index contributed by atoms with van der Waals surface area (Å²) in [5.41, 5.74) is 6.18. The van der Waals surface area contributed by atoms with E-state index in [1.165, 1.54) is 6.34 Å². The third-order valence-corrected chi connectivity index (χ3v) is 3.27. The maximum atomic E-state index is 11.3. The number of nitrogens with zero attached hydrogens (tertiary/aromatic N) is 1. The number of aromatic amines is 1. The van der Waals surface area contributed by atoms with Crippen LogP contribution in [0.15, 0.2) is 9.79 Å². The smallest absolute Gasteiger partial charge is 0.306 e. The Morgan fingerprint density at radius 2 is 2.27 bits per heavy atom. The number of thiazole rings is 1. The minimum absolute atomic E-state index is 0.0651. The van der Waals surface area contributed by atoms with Crippen LogP contribution in [-0.4, -0.2) is 11.3 Å². The third kappa shape index (κ3) is 2.68. The first-order valence-corrected chi connectivity index (χ1v) is 5.89. The van der Waals surface area contributed by atoms with E-state index >= 15 is 0 Å². The predicted molar refractivity (Wildman–Crippen MR) is 65.1 cm³/mol. The molecular weight excluding hydrogens is 210 g/mol. The molecule has 1 rings (SSSR count). The summed E-state index contributed by atoms with van der Waals surface area (Å²) < 4.78 is 0. The molecule has 3 N–H and O–H groups in total. The van der Waals surface area contributed by atoms with Crippen LogP contribution in [0, 0.1) is 5.92 Å². The molecule has 0 saturated carbocycles. The van der Waals surface area contributed by atoms with Crippen molar-refractivity contribution in [1.82, 2.24) is 4.98 Å². The Morgan fingerprint density at radius 3 is 2.73 bits per heavy atom. The lowest BCUT2D eigenvalue weighted by Gasteiger charge is -2.17. The zero-order chi connectivity index (χ0) is 11.4. The fourth-order valence-corrected chi connectivity index (χ4v) is 2.52. The molecule has 0 aliphatic rings. The number of hydrogen-bond acceptors (Lipinski definition) is 3. The molecule has 0 spiro atoms. The second-order valence-electron chi connectivity index (χ2n) is 3.77. The fraction of sp³-hybridized carbons (Fsp3) is 0.600. The summed E-state index contributed by atoms with van der Waals surface area (Å²) in [4.78, 5) is 18.1. The number of nitrogens with one attached hydrogen (secondary N) is 1. The molecule has 0 bridgehead atoms. The number of rotatable bonds is 4. The Balaban J connectivity index is 3.15. The van der Waals surface area contributed by atoms with E-state index in [0.29, 0.717) is 16.8 Å². The lowest BCUT2D eigenvalue weighted by Crippen LogP contribution is -2.08. The molecule has 15 heavy (non-hydrogen) atoms. The van der Waals surface area contributed by atoms with Crippen LogP contribution in [-0.2, 0) is 0 Å². The van der Waals surface area contributed by atoms with Gasteiger partial charge in [0.05, 0.1) is 12.0 Å². The van der Waals surface area contributed by atoms with E-state index < -0.39 is 0 Å². The Bertz CT molecular complexity index is 392. The van der Waals surface area contributed by atoms with Crippen LogP contribution in [0.4, 0.5) is 5.00 Å². The lowest BCUT2D eigenvalue weighted by atomic mass is 9.90. The molecule has 0 radical (unpaired) electrons. The van der Waals surface area contributed by atoms with Gasteiger partial charge in [-0.25, -0.2) is 4.99 Å². The second-order valence-corrected chi connectivity index (χ2v) is 4.73. The van der Waals surface area contributed by atoms with Crippen molar-refractivity contribution < 1.29 is 0 Å². The van der Waals surface area contributed by atoms with E-state index in [4.69, 9.17) is 5.73 Å². The van der Waals surface area contributed by atoms with Gasteiger partial charge >= 0.3 is 4.87 Å². The average Bonchev–Trinajstić information content (AvgIpc) is 2.48. The van der Waals surface area contributed by atoms with Gasteiger partial charge in [0, 0.05) is 5.92 Å². The Morgan fingerprint density at radius 1 is 1.60 bits per heavy atom. The largest absolute Gasteiger partial charge is 0.390 e. The molecule has 1 unspecified atom stereocenters. The molecule has 1 atom stereocenters. The van der Waals surface area contributed by atoms with Crippen LogP contribution >= 0.6 is 11.3 Å². The van der Waals surface area contributed by atoms with Gasteiger partial charge < -0.3 is 10.7 Å². The number of H-pyrrole nitrogens is 1. The SMILES string of the molecule is CCC(c1[nH]c(=O)sc1/N=C\N)C(C)C. The number of aromatic nitrogens is 1. The second kappa shape index (κ2) is 5.11. The van der Waals surface area contributed by atoms with Crippen molar-refractivity contribution in [3.63, 3.8) is 0 Å². The van der Waals surface area contributed by atoms with Crippen molar-refractivity contribution in [1.29, 1.82) is 0 Å². The summed E-state index contributed by atoms with van der Waals surface area (Å²) in [7, 11) is 0. The van der Waals surface area contributed by atoms with Gasteiger partial charge in [-0.3, -0.25) is 4.79 Å². The van der Waals surface area contributed by atoms with Crippen molar-refractivity contribution in [3.8, 4) is 0 Å². The summed E-state index contributed by atoms with van der Waals surface area (Å²) in [5, 5.41) is 0.711. The zero-order valence-corrected chi connectivity index (χ0v) is 10.1. The number of hydrogen-bond donors (Lipinski definition) is 2. The molecular formula is C10H17N3OS. The average molecular weight is 227 g/mol. The monoisotopic (exact) mass is 227 g/mol. The molecule has 4 nitrogen and oxygen atoms in total. The standard InChI is InChI=1S/C10H17N3OS/c1-4-7(6(2)3)8-9(12-5-11)15-10(14)13-8/h5-7H,4H2,1-3H3,(H2,11,12)(H,13,14). The van der Waals surface area contributed by atoms with E-state index in [2.05, 4.69) is 30.7 Å². The first kappa shape index (κ1) is 12.0. The quantitative estimate of drug-likeness (QED) is 0.611. The van der Waals surface area contributed by atoms with Crippen LogP contribution in [0.25, 0.3) is 0 Å². The van der Waals surface area contributed by atoms with Gasteiger partial charge in [-0.05, 0) is 12.3 Å². The summed E-state index contributed by atoms with van der Waals surface area (Å²) in [6, 6.07) is 0. The van der Waals surface area contributed by atoms with E-state index in [9.17, 15) is 4.79 Å². The fourth-order valence-electron chi connectivity index (χ4n) is 1.76. The molecule has 0 fully saturated rings. The first-order valence-electron chi connectivity index (χ1n) is 5.07. The lowest BCUT2D eigenvalue weighted by molar-refractivity contribution is 0.477. The molecule has 1 aromatic heterocycles. The normalized spacial score (nSPS) is 13.9. The Labute approximate surface area is 93.2 Å². The van der Waals surface area contributed by atoms with Gasteiger partial charge in [-0.15, -0.1) is 0 Å². The number of aliphatic imine (C=N–C) groups is 1. The van der Waals surface area contributed by atoms with Crippen LogP contribution < -0.4 is 10.6 Å². The van der Waals surface area contributed by atoms with Gasteiger partial charge in [0.25, 0.3) is 0 Å². The van der Waals surface area contributed by atoms with Gasteiger partial charge in [0.15, 0.2) is 0 Å². The highest BCUT2D eigenvalue weighted by Crippen LogP contribution is 2.34. The maximum Gasteiger partial charge on any atom is 0.306 e. The molecule has 1 aromatic rings. The van der Waals surface area contributed by atoms with Crippen LogP contribution in [0.2, 0.25) is 0 Å². The summed E-state index contributed by atoms with van der Waals surface area (Å²) in [5.74, 6) is 0.814. The molecule has 0 saturated heterocycles. The maximum absolute atomic E-state index is 11.3. The van der Waals surface area contributed by atoms with Crippen LogP contribution in [0.1, 0.15) is 38.8 Å². The molecule has 84 valence electrons.